The highest BCUT2D eigenvalue weighted by Crippen LogP contribution is 2.21. The summed E-state index contributed by atoms with van der Waals surface area (Å²) in [7, 11) is 0. The quantitative estimate of drug-likeness (QED) is 0.883. The van der Waals surface area contributed by atoms with E-state index in [2.05, 4.69) is 10.3 Å². The predicted octanol–water partition coefficient (Wildman–Crippen LogP) is 1.56. The lowest BCUT2D eigenvalue weighted by molar-refractivity contribution is -0.118. The zero-order chi connectivity index (χ0) is 14.8. The molecule has 1 aromatic carbocycles. The van der Waals surface area contributed by atoms with Crippen molar-refractivity contribution in [3.8, 4) is 0 Å². The molecule has 0 spiro atoms. The first kappa shape index (κ1) is 13.6. The molecule has 1 aromatic rings. The third kappa shape index (κ3) is 2.60. The Morgan fingerprint density at radius 3 is 3.10 bits per heavy atom. The van der Waals surface area contributed by atoms with Crippen molar-refractivity contribution < 1.29 is 4.79 Å². The largest absolute Gasteiger partial charge is 0.336 e. The minimum absolute atomic E-state index is 0.0674. The molecule has 0 radical (unpaired) electrons. The Morgan fingerprint density at radius 1 is 1.43 bits per heavy atom. The number of anilines is 1. The number of aryl methyl sites for hydroxylation is 1. The van der Waals surface area contributed by atoms with Gasteiger partial charge in [-0.05, 0) is 36.3 Å². The van der Waals surface area contributed by atoms with Crippen molar-refractivity contribution in [1.29, 1.82) is 0 Å². The molecule has 2 atom stereocenters. The topological polar surface area (TPSA) is 70.7 Å². The predicted molar refractivity (Wildman–Crippen MR) is 83.9 cm³/mol. The van der Waals surface area contributed by atoms with Crippen molar-refractivity contribution in [3.63, 3.8) is 0 Å². The van der Waals surface area contributed by atoms with Crippen LogP contribution in [0.5, 0.6) is 0 Å². The van der Waals surface area contributed by atoms with Gasteiger partial charge >= 0.3 is 0 Å². The zero-order valence-electron chi connectivity index (χ0n) is 11.9. The maximum absolute atomic E-state index is 12.5. The highest BCUT2D eigenvalue weighted by molar-refractivity contribution is 6.06. The number of rotatable bonds is 3. The molecule has 21 heavy (non-hydrogen) atoms. The lowest BCUT2D eigenvalue weighted by Gasteiger charge is -2.26. The summed E-state index contributed by atoms with van der Waals surface area (Å²) in [6.45, 7) is 2.42. The van der Waals surface area contributed by atoms with E-state index in [1.807, 2.05) is 54.5 Å². The molecule has 0 saturated carbocycles. The summed E-state index contributed by atoms with van der Waals surface area (Å²) in [5.74, 6) is -0.0847. The normalized spacial score (nSPS) is 22.5. The maximum Gasteiger partial charge on any atom is 0.252 e. The number of nitrogens with one attached hydrogen (secondary N) is 1. The van der Waals surface area contributed by atoms with E-state index in [1.54, 1.807) is 6.21 Å². The molecule has 0 saturated heterocycles. The number of allylic oxidation sites excluding steroid dienone is 2. The lowest BCUT2D eigenvalue weighted by atomic mass is 10.1. The monoisotopic (exact) mass is 282 g/mol. The first-order valence-corrected chi connectivity index (χ1v) is 6.95. The van der Waals surface area contributed by atoms with Gasteiger partial charge in [-0.15, -0.1) is 0 Å². The van der Waals surface area contributed by atoms with E-state index in [9.17, 15) is 4.79 Å². The van der Waals surface area contributed by atoms with E-state index in [4.69, 9.17) is 5.73 Å². The summed E-state index contributed by atoms with van der Waals surface area (Å²) >= 11 is 0. The van der Waals surface area contributed by atoms with Crippen LogP contribution in [0.2, 0.25) is 0 Å². The van der Waals surface area contributed by atoms with E-state index in [1.165, 1.54) is 0 Å². The average molecular weight is 282 g/mol. The van der Waals surface area contributed by atoms with Gasteiger partial charge in [0.1, 0.15) is 12.2 Å². The number of aliphatic imine (C=N–C) groups is 1. The molecule has 3 rings (SSSR count). The van der Waals surface area contributed by atoms with Crippen LogP contribution in [0.3, 0.4) is 0 Å². The van der Waals surface area contributed by atoms with Crippen LogP contribution in [0.25, 0.3) is 0 Å². The van der Waals surface area contributed by atoms with Gasteiger partial charge in [0.05, 0.1) is 0 Å². The first-order valence-electron chi connectivity index (χ1n) is 6.95. The number of hydrogen-bond donors (Lipinski definition) is 2. The molecule has 2 aliphatic heterocycles. The molecule has 1 amide bonds. The van der Waals surface area contributed by atoms with Crippen LogP contribution in [0, 0.1) is 6.92 Å². The number of nitrogens with zero attached hydrogens (tertiary/aromatic N) is 2. The number of nitrogens with two attached hydrogens (primary N) is 1. The van der Waals surface area contributed by atoms with Crippen LogP contribution in [0.4, 0.5) is 5.69 Å². The fraction of sp³-hybridized carbons (Fsp3) is 0.250. The second-order valence-corrected chi connectivity index (χ2v) is 5.17. The van der Waals surface area contributed by atoms with E-state index in [-0.39, 0.29) is 18.1 Å². The highest BCUT2D eigenvalue weighted by Gasteiger charge is 2.32. The van der Waals surface area contributed by atoms with Gasteiger partial charge in [0.2, 0.25) is 0 Å². The standard InChI is InChI=1S/C16H18N4O/c1-11-5-6-12(9-17)8-13(11)19-16(21)14-10-18-15-4-2-3-7-20(14)15/h2-8,10,14-15H,9,17H2,1H3,(H,19,21). The first-order chi connectivity index (χ1) is 10.2. The highest BCUT2D eigenvalue weighted by atomic mass is 16.2. The van der Waals surface area contributed by atoms with Crippen LogP contribution in [0.1, 0.15) is 11.1 Å². The molecule has 2 heterocycles. The molecule has 0 fully saturated rings. The molecule has 5 heteroatoms. The van der Waals surface area contributed by atoms with Crippen molar-refractivity contribution in [2.75, 3.05) is 5.32 Å². The molecular weight excluding hydrogens is 264 g/mol. The maximum atomic E-state index is 12.5. The fourth-order valence-electron chi connectivity index (χ4n) is 2.47. The van der Waals surface area contributed by atoms with Gasteiger partial charge in [-0.3, -0.25) is 9.79 Å². The van der Waals surface area contributed by atoms with Gasteiger partial charge in [0.25, 0.3) is 5.91 Å². The van der Waals surface area contributed by atoms with E-state index in [0.29, 0.717) is 6.54 Å². The molecule has 108 valence electrons. The smallest absolute Gasteiger partial charge is 0.252 e. The zero-order valence-corrected chi connectivity index (χ0v) is 11.9. The average Bonchev–Trinajstić information content (AvgIpc) is 2.93. The SMILES string of the molecule is Cc1ccc(CN)cc1NC(=O)C1C=NC2C=CC=CN21. The van der Waals surface area contributed by atoms with Gasteiger partial charge in [0, 0.05) is 24.6 Å². The van der Waals surface area contributed by atoms with Gasteiger partial charge in [-0.25, -0.2) is 0 Å². The molecule has 2 unspecified atom stereocenters. The Bertz CT molecular complexity index is 648. The van der Waals surface area contributed by atoms with Crippen LogP contribution >= 0.6 is 0 Å². The Hall–Kier alpha value is -2.40. The third-order valence-electron chi connectivity index (χ3n) is 3.72. The number of hydrogen-bond acceptors (Lipinski definition) is 4. The van der Waals surface area contributed by atoms with Crippen molar-refractivity contribution >= 4 is 17.8 Å². The van der Waals surface area contributed by atoms with Gasteiger partial charge in [-0.1, -0.05) is 18.2 Å². The summed E-state index contributed by atoms with van der Waals surface area (Å²) in [5.41, 5.74) is 8.46. The van der Waals surface area contributed by atoms with E-state index in [0.717, 1.165) is 16.8 Å². The van der Waals surface area contributed by atoms with Crippen LogP contribution in [-0.2, 0) is 11.3 Å². The number of fused-ring (bicyclic) bond motifs is 1. The van der Waals surface area contributed by atoms with Crippen LogP contribution in [-0.4, -0.2) is 29.2 Å². The molecule has 0 bridgehead atoms. The summed E-state index contributed by atoms with van der Waals surface area (Å²) in [4.78, 5) is 18.8. The summed E-state index contributed by atoms with van der Waals surface area (Å²) in [6.07, 6.45) is 9.33. The molecular formula is C16H18N4O. The Balaban J connectivity index is 1.77. The Labute approximate surface area is 123 Å². The summed E-state index contributed by atoms with van der Waals surface area (Å²) in [6, 6.07) is 5.48. The lowest BCUT2D eigenvalue weighted by Crippen LogP contribution is -2.42. The summed E-state index contributed by atoms with van der Waals surface area (Å²) in [5, 5.41) is 2.97. The molecule has 5 nitrogen and oxygen atoms in total. The third-order valence-corrected chi connectivity index (χ3v) is 3.72. The van der Waals surface area contributed by atoms with Crippen molar-refractivity contribution in [3.05, 3.63) is 53.8 Å². The van der Waals surface area contributed by atoms with Gasteiger partial charge in [-0.2, -0.15) is 0 Å². The number of amides is 1. The molecule has 0 aliphatic carbocycles. The van der Waals surface area contributed by atoms with Crippen molar-refractivity contribution in [2.24, 2.45) is 10.7 Å². The molecule has 0 aromatic heterocycles. The van der Waals surface area contributed by atoms with Gasteiger partial charge < -0.3 is 16.0 Å². The fourth-order valence-corrected chi connectivity index (χ4v) is 2.47. The van der Waals surface area contributed by atoms with Gasteiger partial charge in [0.15, 0.2) is 0 Å². The van der Waals surface area contributed by atoms with Crippen molar-refractivity contribution in [1.82, 2.24) is 4.90 Å². The molecule has 3 N–H and O–H groups in total. The number of benzene rings is 1. The number of carbonyl (C=O) groups is 1. The van der Waals surface area contributed by atoms with Crippen molar-refractivity contribution in [2.45, 2.75) is 25.7 Å². The number of carbonyl (C=O) groups excluding carboxylic acids is 1. The minimum Gasteiger partial charge on any atom is -0.336 e. The molecule has 2 aliphatic rings. The minimum atomic E-state index is -0.378. The second kappa shape index (κ2) is 5.54. The summed E-state index contributed by atoms with van der Waals surface area (Å²) < 4.78 is 0. The van der Waals surface area contributed by atoms with Crippen LogP contribution in [0.15, 0.2) is 47.6 Å². The second-order valence-electron chi connectivity index (χ2n) is 5.17. The van der Waals surface area contributed by atoms with E-state index < -0.39 is 0 Å². The Kier molecular flexibility index (Phi) is 3.58. The Morgan fingerprint density at radius 2 is 2.29 bits per heavy atom. The van der Waals surface area contributed by atoms with Crippen LogP contribution < -0.4 is 11.1 Å². The van der Waals surface area contributed by atoms with E-state index >= 15 is 0 Å².